The molecule has 5 nitrogen and oxygen atoms in total. The Morgan fingerprint density at radius 1 is 1.25 bits per heavy atom. The summed E-state index contributed by atoms with van der Waals surface area (Å²) < 4.78 is 5.81. The second-order valence-corrected chi connectivity index (χ2v) is 6.29. The normalized spacial score (nSPS) is 18.3. The molecule has 1 atom stereocenters. The summed E-state index contributed by atoms with van der Waals surface area (Å²) in [5.74, 6) is 1.07. The molecule has 1 saturated heterocycles. The van der Waals surface area contributed by atoms with E-state index in [1.54, 1.807) is 0 Å². The molecule has 5 heteroatoms. The van der Waals surface area contributed by atoms with E-state index in [4.69, 9.17) is 4.74 Å². The van der Waals surface area contributed by atoms with Gasteiger partial charge in [-0.3, -0.25) is 4.79 Å². The number of benzene rings is 1. The van der Waals surface area contributed by atoms with Crippen molar-refractivity contribution in [1.29, 1.82) is 0 Å². The summed E-state index contributed by atoms with van der Waals surface area (Å²) >= 11 is 0. The first kappa shape index (κ1) is 18.7. The smallest absolute Gasteiger partial charge is 0.221 e. The fraction of sp³-hybridized carbons (Fsp3) is 0.632. The Bertz CT molecular complexity index is 486. The first-order chi connectivity index (χ1) is 11.7. The van der Waals surface area contributed by atoms with Gasteiger partial charge in [-0.1, -0.05) is 26.0 Å². The number of hydrogen-bond donors (Lipinski definition) is 2. The van der Waals surface area contributed by atoms with E-state index >= 15 is 0 Å². The second kappa shape index (κ2) is 10.3. The summed E-state index contributed by atoms with van der Waals surface area (Å²) in [5.41, 5.74) is 1.22. The van der Waals surface area contributed by atoms with Crippen molar-refractivity contribution >= 4 is 5.91 Å². The average molecular weight is 333 g/mol. The van der Waals surface area contributed by atoms with Crippen molar-refractivity contribution in [2.24, 2.45) is 0 Å². The number of hydrogen-bond acceptors (Lipinski definition) is 4. The lowest BCUT2D eigenvalue weighted by molar-refractivity contribution is -0.121. The number of carbonyl (C=O) groups excluding carboxylic acids is 1. The van der Waals surface area contributed by atoms with Crippen LogP contribution in [0.2, 0.25) is 0 Å². The van der Waals surface area contributed by atoms with Crippen LogP contribution in [0.1, 0.15) is 38.7 Å². The number of rotatable bonds is 9. The fourth-order valence-electron chi connectivity index (χ4n) is 2.95. The number of likely N-dealkylation sites (N-methyl/N-ethyl adjacent to an activating group) is 1. The summed E-state index contributed by atoms with van der Waals surface area (Å²) in [7, 11) is 0. The molecule has 1 aliphatic heterocycles. The summed E-state index contributed by atoms with van der Waals surface area (Å²) in [4.78, 5) is 13.9. The van der Waals surface area contributed by atoms with Crippen LogP contribution in [0.15, 0.2) is 24.3 Å². The van der Waals surface area contributed by atoms with Gasteiger partial charge in [-0.2, -0.15) is 0 Å². The highest BCUT2D eigenvalue weighted by Crippen LogP contribution is 2.13. The molecule has 1 heterocycles. The lowest BCUT2D eigenvalue weighted by Crippen LogP contribution is -2.32. The molecule has 134 valence electrons. The fourth-order valence-corrected chi connectivity index (χ4v) is 2.95. The molecular formula is C19H31N3O2. The number of ether oxygens (including phenoxy) is 1. The molecule has 0 bridgehead atoms. The van der Waals surface area contributed by atoms with Gasteiger partial charge in [0.15, 0.2) is 0 Å². The lowest BCUT2D eigenvalue weighted by Gasteiger charge is -2.18. The molecule has 1 aromatic rings. The van der Waals surface area contributed by atoms with Gasteiger partial charge >= 0.3 is 0 Å². The molecular weight excluding hydrogens is 302 g/mol. The summed E-state index contributed by atoms with van der Waals surface area (Å²) in [5, 5.41) is 6.41. The topological polar surface area (TPSA) is 53.6 Å². The van der Waals surface area contributed by atoms with Crippen LogP contribution >= 0.6 is 0 Å². The molecule has 2 rings (SSSR count). The molecule has 0 radical (unpaired) electrons. The van der Waals surface area contributed by atoms with Gasteiger partial charge in [0.05, 0.1) is 0 Å². The Morgan fingerprint density at radius 3 is 2.71 bits per heavy atom. The average Bonchev–Trinajstić information content (AvgIpc) is 2.82. The number of nitrogens with zero attached hydrogens (tertiary/aromatic N) is 1. The molecule has 0 aromatic heterocycles. The van der Waals surface area contributed by atoms with Crippen LogP contribution in [-0.4, -0.2) is 49.6 Å². The van der Waals surface area contributed by atoms with Crippen molar-refractivity contribution in [3.8, 4) is 5.75 Å². The Labute approximate surface area is 145 Å². The summed E-state index contributed by atoms with van der Waals surface area (Å²) in [6, 6.07) is 8.52. The van der Waals surface area contributed by atoms with Crippen molar-refractivity contribution in [3.05, 3.63) is 29.8 Å². The SMILES string of the molecule is CCN(CC)CCOc1ccc(CNC2CCCNC(=O)C2)cc1. The molecule has 1 unspecified atom stereocenters. The number of nitrogens with one attached hydrogen (secondary N) is 2. The van der Waals surface area contributed by atoms with Gasteiger partial charge in [0.25, 0.3) is 0 Å². The number of carbonyl (C=O) groups is 1. The Kier molecular flexibility index (Phi) is 8.05. The van der Waals surface area contributed by atoms with E-state index in [-0.39, 0.29) is 11.9 Å². The maximum atomic E-state index is 11.6. The third-order valence-electron chi connectivity index (χ3n) is 4.57. The maximum absolute atomic E-state index is 11.6. The van der Waals surface area contributed by atoms with Crippen molar-refractivity contribution in [3.63, 3.8) is 0 Å². The summed E-state index contributed by atoms with van der Waals surface area (Å²) in [6.07, 6.45) is 2.67. The minimum Gasteiger partial charge on any atom is -0.492 e. The van der Waals surface area contributed by atoms with E-state index in [0.29, 0.717) is 6.42 Å². The highest BCUT2D eigenvalue weighted by molar-refractivity contribution is 5.76. The predicted octanol–water partition coefficient (Wildman–Crippen LogP) is 2.17. The molecule has 2 N–H and O–H groups in total. The minimum atomic E-state index is 0.155. The highest BCUT2D eigenvalue weighted by Gasteiger charge is 2.16. The molecule has 1 fully saturated rings. The molecule has 0 aliphatic carbocycles. The Balaban J connectivity index is 1.72. The van der Waals surface area contributed by atoms with E-state index < -0.39 is 0 Å². The van der Waals surface area contributed by atoms with Crippen LogP contribution in [0.3, 0.4) is 0 Å². The van der Waals surface area contributed by atoms with Crippen LogP contribution < -0.4 is 15.4 Å². The third kappa shape index (κ3) is 6.49. The monoisotopic (exact) mass is 333 g/mol. The van der Waals surface area contributed by atoms with Crippen molar-refractivity contribution < 1.29 is 9.53 Å². The molecule has 1 amide bonds. The van der Waals surface area contributed by atoms with E-state index in [9.17, 15) is 4.79 Å². The highest BCUT2D eigenvalue weighted by atomic mass is 16.5. The van der Waals surface area contributed by atoms with Gasteiger partial charge in [-0.25, -0.2) is 0 Å². The quantitative estimate of drug-likeness (QED) is 0.727. The van der Waals surface area contributed by atoms with Gasteiger partial charge in [-0.05, 0) is 43.6 Å². The van der Waals surface area contributed by atoms with E-state index in [1.807, 2.05) is 12.1 Å². The van der Waals surface area contributed by atoms with Crippen molar-refractivity contribution in [1.82, 2.24) is 15.5 Å². The Morgan fingerprint density at radius 2 is 2.00 bits per heavy atom. The first-order valence-corrected chi connectivity index (χ1v) is 9.15. The van der Waals surface area contributed by atoms with Gasteiger partial charge < -0.3 is 20.3 Å². The zero-order valence-electron chi connectivity index (χ0n) is 15.0. The standard InChI is InChI=1S/C19H31N3O2/c1-3-22(4-2)12-13-24-18-9-7-16(8-10-18)15-21-17-6-5-11-20-19(23)14-17/h7-10,17,21H,3-6,11-15H2,1-2H3,(H,20,23). The largest absolute Gasteiger partial charge is 0.492 e. The minimum absolute atomic E-state index is 0.155. The van der Waals surface area contributed by atoms with Gasteiger partial charge in [-0.15, -0.1) is 0 Å². The van der Waals surface area contributed by atoms with Gasteiger partial charge in [0, 0.05) is 32.1 Å². The maximum Gasteiger partial charge on any atom is 0.221 e. The van der Waals surface area contributed by atoms with E-state index in [2.05, 4.69) is 41.5 Å². The lowest BCUT2D eigenvalue weighted by atomic mass is 10.1. The second-order valence-electron chi connectivity index (χ2n) is 6.29. The zero-order valence-corrected chi connectivity index (χ0v) is 15.0. The van der Waals surface area contributed by atoms with E-state index in [1.165, 1.54) is 5.56 Å². The van der Waals surface area contributed by atoms with Crippen LogP contribution in [0.5, 0.6) is 5.75 Å². The van der Waals surface area contributed by atoms with Crippen LogP contribution in [0.4, 0.5) is 0 Å². The van der Waals surface area contributed by atoms with Crippen molar-refractivity contribution in [2.45, 2.75) is 45.7 Å². The van der Waals surface area contributed by atoms with Crippen molar-refractivity contribution in [2.75, 3.05) is 32.8 Å². The molecule has 24 heavy (non-hydrogen) atoms. The molecule has 1 aliphatic rings. The van der Waals surface area contributed by atoms with Gasteiger partial charge in [0.2, 0.25) is 5.91 Å². The van der Waals surface area contributed by atoms with Gasteiger partial charge in [0.1, 0.15) is 12.4 Å². The van der Waals surface area contributed by atoms with E-state index in [0.717, 1.165) is 57.9 Å². The molecule has 0 saturated carbocycles. The first-order valence-electron chi connectivity index (χ1n) is 9.15. The van der Waals surface area contributed by atoms with Crippen LogP contribution in [0, 0.1) is 0 Å². The predicted molar refractivity (Wildman–Crippen MR) is 97.2 cm³/mol. The molecule has 0 spiro atoms. The number of amides is 1. The Hall–Kier alpha value is -1.59. The van der Waals surface area contributed by atoms with Crippen LogP contribution in [-0.2, 0) is 11.3 Å². The zero-order chi connectivity index (χ0) is 17.2. The van der Waals surface area contributed by atoms with Crippen LogP contribution in [0.25, 0.3) is 0 Å². The summed E-state index contributed by atoms with van der Waals surface area (Å²) in [6.45, 7) is 9.73. The molecule has 1 aromatic carbocycles. The third-order valence-corrected chi connectivity index (χ3v) is 4.57.